The van der Waals surface area contributed by atoms with Crippen LogP contribution in [-0.4, -0.2) is 0 Å². The van der Waals surface area contributed by atoms with Crippen molar-refractivity contribution in [2.75, 3.05) is 4.90 Å². The van der Waals surface area contributed by atoms with Gasteiger partial charge in [-0.1, -0.05) is 193 Å². The molecule has 0 saturated heterocycles. The largest absolute Gasteiger partial charge is 0.310 e. The first-order chi connectivity index (χ1) is 28.0. The van der Waals surface area contributed by atoms with E-state index >= 15 is 0 Å². The first-order valence-electron chi connectivity index (χ1n) is 20.7. The monoisotopic (exact) mass is 747 g/mol. The molecule has 0 amide bonds. The quantitative estimate of drug-likeness (QED) is 0.169. The van der Waals surface area contributed by atoms with Crippen molar-refractivity contribution in [2.24, 2.45) is 0 Å². The summed E-state index contributed by atoms with van der Waals surface area (Å²) in [5.41, 5.74) is 21.3. The Morgan fingerprint density at radius 2 is 0.776 bits per heavy atom. The average Bonchev–Trinajstić information content (AvgIpc) is 3.71. The van der Waals surface area contributed by atoms with E-state index in [2.05, 4.69) is 234 Å². The Balaban J connectivity index is 1.24. The lowest BCUT2D eigenvalue weighted by atomic mass is 9.65. The number of hydrogen-bond acceptors (Lipinski definition) is 1. The summed E-state index contributed by atoms with van der Waals surface area (Å²) in [5.74, 6) is 0. The third-order valence-corrected chi connectivity index (χ3v) is 12.6. The Labute approximate surface area is 344 Å². The predicted molar refractivity (Wildman–Crippen MR) is 246 cm³/mol. The molecule has 1 spiro atoms. The van der Waals surface area contributed by atoms with Crippen molar-refractivity contribution >= 4 is 17.1 Å². The summed E-state index contributed by atoms with van der Waals surface area (Å²) >= 11 is 0. The number of fused-ring (bicyclic) bond motifs is 10. The van der Waals surface area contributed by atoms with Gasteiger partial charge in [0.1, 0.15) is 0 Å². The molecule has 0 aromatic heterocycles. The van der Waals surface area contributed by atoms with Gasteiger partial charge in [0.2, 0.25) is 0 Å². The number of benzene rings is 8. The first-order valence-corrected chi connectivity index (χ1v) is 20.7. The van der Waals surface area contributed by atoms with Crippen LogP contribution in [0.3, 0.4) is 0 Å². The fraction of sp³-hybridized carbons (Fsp3) is 0.158. The molecule has 0 fully saturated rings. The van der Waals surface area contributed by atoms with Gasteiger partial charge in [-0.2, -0.15) is 0 Å². The molecule has 8 aromatic rings. The Kier molecular flexibility index (Phi) is 8.25. The molecule has 1 nitrogen and oxygen atoms in total. The number of rotatable bonds is 5. The topological polar surface area (TPSA) is 3.24 Å². The van der Waals surface area contributed by atoms with Gasteiger partial charge in [-0.05, 0) is 125 Å². The molecule has 0 aliphatic heterocycles. The fourth-order valence-corrected chi connectivity index (χ4v) is 9.74. The first kappa shape index (κ1) is 35.9. The van der Waals surface area contributed by atoms with Crippen LogP contribution in [0.5, 0.6) is 0 Å². The molecule has 0 radical (unpaired) electrons. The maximum atomic E-state index is 2.53. The zero-order chi connectivity index (χ0) is 39.8. The van der Waals surface area contributed by atoms with Crippen LogP contribution >= 0.6 is 0 Å². The van der Waals surface area contributed by atoms with Crippen LogP contribution in [0.15, 0.2) is 188 Å². The summed E-state index contributed by atoms with van der Waals surface area (Å²) in [5, 5.41) is 0. The molecular weight excluding hydrogens is 699 g/mol. The van der Waals surface area contributed by atoms with Crippen molar-refractivity contribution in [1.29, 1.82) is 0 Å². The fourth-order valence-electron chi connectivity index (χ4n) is 9.74. The highest BCUT2D eigenvalue weighted by Gasteiger charge is 2.54. The Bertz CT molecular complexity index is 2690. The summed E-state index contributed by atoms with van der Waals surface area (Å²) in [6.07, 6.45) is 0. The molecule has 0 unspecified atom stereocenters. The second-order valence-corrected chi connectivity index (χ2v) is 18.2. The van der Waals surface area contributed by atoms with Crippen molar-refractivity contribution in [3.63, 3.8) is 0 Å². The minimum atomic E-state index is -0.479. The SMILES string of the molecule is CC(C)(C)c1cc2c(c(C(C)(C)C)c1)C1(c3ccccc3-c3ccccc31)c1cc(N(c3ccc(-c4ccccc4)cc3)c3ccc(-c4ccccc4)cc3)ccc1-2. The van der Waals surface area contributed by atoms with E-state index in [-0.39, 0.29) is 10.8 Å². The van der Waals surface area contributed by atoms with E-state index in [1.54, 1.807) is 0 Å². The zero-order valence-corrected chi connectivity index (χ0v) is 34.3. The minimum absolute atomic E-state index is 0.00893. The van der Waals surface area contributed by atoms with E-state index in [1.165, 1.54) is 77.9 Å². The molecule has 0 saturated carbocycles. The van der Waals surface area contributed by atoms with Crippen molar-refractivity contribution in [1.82, 2.24) is 0 Å². The van der Waals surface area contributed by atoms with Gasteiger partial charge in [-0.15, -0.1) is 0 Å². The van der Waals surface area contributed by atoms with E-state index < -0.39 is 5.41 Å². The van der Waals surface area contributed by atoms with Crippen LogP contribution < -0.4 is 4.90 Å². The highest BCUT2D eigenvalue weighted by molar-refractivity contribution is 5.97. The van der Waals surface area contributed by atoms with Gasteiger partial charge in [0.25, 0.3) is 0 Å². The van der Waals surface area contributed by atoms with Gasteiger partial charge in [0, 0.05) is 17.1 Å². The summed E-state index contributed by atoms with van der Waals surface area (Å²) in [6.45, 7) is 14.2. The second kappa shape index (κ2) is 13.3. The van der Waals surface area contributed by atoms with Crippen LogP contribution in [0.25, 0.3) is 44.5 Å². The van der Waals surface area contributed by atoms with Crippen molar-refractivity contribution in [3.8, 4) is 44.5 Å². The number of anilines is 3. The Hall–Kier alpha value is -6.44. The molecule has 1 heteroatoms. The molecule has 0 bridgehead atoms. The van der Waals surface area contributed by atoms with E-state index in [1.807, 2.05) is 0 Å². The molecular formula is C57H49N. The molecule has 282 valence electrons. The minimum Gasteiger partial charge on any atom is -0.310 e. The highest BCUT2D eigenvalue weighted by atomic mass is 15.1. The van der Waals surface area contributed by atoms with Gasteiger partial charge in [-0.3, -0.25) is 0 Å². The summed E-state index contributed by atoms with van der Waals surface area (Å²) in [7, 11) is 0. The Morgan fingerprint density at radius 1 is 0.345 bits per heavy atom. The Morgan fingerprint density at radius 3 is 1.26 bits per heavy atom. The maximum absolute atomic E-state index is 2.53. The number of nitrogens with zero attached hydrogens (tertiary/aromatic N) is 1. The molecule has 58 heavy (non-hydrogen) atoms. The molecule has 0 atom stereocenters. The highest BCUT2D eigenvalue weighted by Crippen LogP contribution is 2.65. The van der Waals surface area contributed by atoms with E-state index in [9.17, 15) is 0 Å². The third kappa shape index (κ3) is 5.59. The zero-order valence-electron chi connectivity index (χ0n) is 34.3. The molecule has 2 aliphatic rings. The number of hydrogen-bond donors (Lipinski definition) is 0. The van der Waals surface area contributed by atoms with Crippen LogP contribution in [0, 0.1) is 0 Å². The van der Waals surface area contributed by atoms with Crippen molar-refractivity contribution in [3.05, 3.63) is 221 Å². The summed E-state index contributed by atoms with van der Waals surface area (Å²) in [6, 6.07) is 70.1. The molecule has 8 aromatic carbocycles. The lowest BCUT2D eigenvalue weighted by Crippen LogP contribution is -2.30. The summed E-state index contributed by atoms with van der Waals surface area (Å²) < 4.78 is 0. The molecule has 2 aliphatic carbocycles. The van der Waals surface area contributed by atoms with Gasteiger partial charge in [0.15, 0.2) is 0 Å². The third-order valence-electron chi connectivity index (χ3n) is 12.6. The standard InChI is InChI=1S/C57H49N/c1-55(2,3)42-35-49-48-34-33-45(37-52(48)57(54(49)53(36-42)56(4,5)6)50-23-15-13-21-46(50)47-22-14-16-24-51(47)57)58(43-29-25-40(26-30-43)38-17-9-7-10-18-38)44-31-27-41(28-32-44)39-19-11-8-12-20-39/h7-37H,1-6H3. The lowest BCUT2D eigenvalue weighted by molar-refractivity contribution is 0.558. The van der Waals surface area contributed by atoms with Crippen LogP contribution in [-0.2, 0) is 16.2 Å². The van der Waals surface area contributed by atoms with Gasteiger partial charge in [0.05, 0.1) is 5.41 Å². The predicted octanol–water partition coefficient (Wildman–Crippen LogP) is 15.4. The molecule has 0 heterocycles. The second-order valence-electron chi connectivity index (χ2n) is 18.2. The van der Waals surface area contributed by atoms with E-state index in [0.717, 1.165) is 17.1 Å². The average molecular weight is 748 g/mol. The van der Waals surface area contributed by atoms with Gasteiger partial charge < -0.3 is 4.90 Å². The van der Waals surface area contributed by atoms with E-state index in [4.69, 9.17) is 0 Å². The van der Waals surface area contributed by atoms with Crippen LogP contribution in [0.2, 0.25) is 0 Å². The van der Waals surface area contributed by atoms with Crippen LogP contribution in [0.1, 0.15) is 74.9 Å². The lowest BCUT2D eigenvalue weighted by Gasteiger charge is -2.37. The maximum Gasteiger partial charge on any atom is 0.0729 e. The molecule has 10 rings (SSSR count). The van der Waals surface area contributed by atoms with Crippen molar-refractivity contribution in [2.45, 2.75) is 57.8 Å². The molecule has 0 N–H and O–H groups in total. The smallest absolute Gasteiger partial charge is 0.0729 e. The normalized spacial score (nSPS) is 13.5. The van der Waals surface area contributed by atoms with Gasteiger partial charge >= 0.3 is 0 Å². The van der Waals surface area contributed by atoms with Gasteiger partial charge in [-0.25, -0.2) is 0 Å². The summed E-state index contributed by atoms with van der Waals surface area (Å²) in [4.78, 5) is 2.44. The van der Waals surface area contributed by atoms with E-state index in [0.29, 0.717) is 0 Å². The van der Waals surface area contributed by atoms with Crippen molar-refractivity contribution < 1.29 is 0 Å². The van der Waals surface area contributed by atoms with Crippen LogP contribution in [0.4, 0.5) is 17.1 Å².